The molecule has 22 heavy (non-hydrogen) atoms. The number of nitrogens with zero attached hydrogens (tertiary/aromatic N) is 1. The Morgan fingerprint density at radius 3 is 2.41 bits per heavy atom. The molecule has 0 atom stereocenters. The molecule has 0 radical (unpaired) electrons. The van der Waals surface area contributed by atoms with Crippen LogP contribution >= 0.6 is 15.9 Å². The molecule has 0 aliphatic carbocycles. The van der Waals surface area contributed by atoms with E-state index in [1.54, 1.807) is 24.3 Å². The van der Waals surface area contributed by atoms with Crippen molar-refractivity contribution in [2.75, 3.05) is 0 Å². The van der Waals surface area contributed by atoms with Crippen LogP contribution in [0.15, 0.2) is 58.1 Å². The summed E-state index contributed by atoms with van der Waals surface area (Å²) in [6.45, 7) is 0. The van der Waals surface area contributed by atoms with Crippen molar-refractivity contribution in [3.05, 3.63) is 69.7 Å². The number of hydrogen-bond donors (Lipinski definition) is 1. The second-order valence-electron chi connectivity index (χ2n) is 4.33. The molecule has 2 rings (SSSR count). The number of nitrogens with one attached hydrogen (secondary N) is 1. The van der Waals surface area contributed by atoms with Gasteiger partial charge in [-0.3, -0.25) is 4.79 Å². The maximum absolute atomic E-state index is 12.4. The SMILES string of the molecule is O=C(N/N=C\c1ccc(C(F)(F)F)cc1)c1cccc(Br)c1. The molecule has 1 N–H and O–H groups in total. The summed E-state index contributed by atoms with van der Waals surface area (Å²) in [4.78, 5) is 11.8. The summed E-state index contributed by atoms with van der Waals surface area (Å²) in [5.74, 6) is -0.413. The summed E-state index contributed by atoms with van der Waals surface area (Å²) < 4.78 is 38.0. The van der Waals surface area contributed by atoms with Gasteiger partial charge in [0.05, 0.1) is 11.8 Å². The van der Waals surface area contributed by atoms with Gasteiger partial charge in [-0.1, -0.05) is 34.1 Å². The minimum absolute atomic E-state index is 0.413. The van der Waals surface area contributed by atoms with Gasteiger partial charge in [0.2, 0.25) is 0 Å². The molecule has 0 heterocycles. The molecule has 0 aliphatic heterocycles. The summed E-state index contributed by atoms with van der Waals surface area (Å²) >= 11 is 3.25. The zero-order valence-corrected chi connectivity index (χ0v) is 12.6. The van der Waals surface area contributed by atoms with Gasteiger partial charge in [-0.15, -0.1) is 0 Å². The molecule has 0 saturated carbocycles. The Morgan fingerprint density at radius 2 is 1.82 bits per heavy atom. The molecule has 114 valence electrons. The number of carbonyl (C=O) groups excluding carboxylic acids is 1. The average molecular weight is 371 g/mol. The first-order valence-electron chi connectivity index (χ1n) is 6.12. The van der Waals surface area contributed by atoms with Crippen LogP contribution in [0.2, 0.25) is 0 Å². The topological polar surface area (TPSA) is 41.5 Å². The molecule has 1 amide bonds. The molecule has 0 aromatic heterocycles. The van der Waals surface area contributed by atoms with E-state index in [0.29, 0.717) is 11.1 Å². The van der Waals surface area contributed by atoms with E-state index in [4.69, 9.17) is 0 Å². The highest BCUT2D eigenvalue weighted by Crippen LogP contribution is 2.28. The zero-order valence-electron chi connectivity index (χ0n) is 11.1. The summed E-state index contributed by atoms with van der Waals surface area (Å²) in [5, 5.41) is 3.72. The van der Waals surface area contributed by atoms with Crippen molar-refractivity contribution in [2.45, 2.75) is 6.18 Å². The van der Waals surface area contributed by atoms with Crippen LogP contribution in [0.5, 0.6) is 0 Å². The zero-order chi connectivity index (χ0) is 16.2. The molecular formula is C15H10BrF3N2O. The molecule has 0 fully saturated rings. The average Bonchev–Trinajstić information content (AvgIpc) is 2.47. The van der Waals surface area contributed by atoms with Crippen molar-refractivity contribution >= 4 is 28.1 Å². The Bertz CT molecular complexity index is 697. The summed E-state index contributed by atoms with van der Waals surface area (Å²) in [6, 6.07) is 11.2. The van der Waals surface area contributed by atoms with Crippen molar-refractivity contribution in [3.63, 3.8) is 0 Å². The van der Waals surface area contributed by atoms with E-state index in [9.17, 15) is 18.0 Å². The lowest BCUT2D eigenvalue weighted by atomic mass is 10.1. The molecule has 7 heteroatoms. The normalized spacial score (nSPS) is 11.6. The Balaban J connectivity index is 1.99. The molecule has 0 unspecified atom stereocenters. The standard InChI is InChI=1S/C15H10BrF3N2O/c16-13-3-1-2-11(8-13)14(22)21-20-9-10-4-6-12(7-5-10)15(17,18)19/h1-9H,(H,21,22)/b20-9-. The fourth-order valence-corrected chi connectivity index (χ4v) is 2.02. The van der Waals surface area contributed by atoms with Gasteiger partial charge in [0.25, 0.3) is 5.91 Å². The lowest BCUT2D eigenvalue weighted by molar-refractivity contribution is -0.137. The second kappa shape index (κ2) is 6.74. The van der Waals surface area contributed by atoms with E-state index >= 15 is 0 Å². The Morgan fingerprint density at radius 1 is 1.14 bits per heavy atom. The molecule has 0 bridgehead atoms. The Labute approximate surface area is 133 Å². The van der Waals surface area contributed by atoms with Crippen molar-refractivity contribution < 1.29 is 18.0 Å². The molecule has 0 spiro atoms. The fourth-order valence-electron chi connectivity index (χ4n) is 1.62. The summed E-state index contributed by atoms with van der Waals surface area (Å²) in [6.07, 6.45) is -3.10. The lowest BCUT2D eigenvalue weighted by Crippen LogP contribution is -2.17. The largest absolute Gasteiger partial charge is 0.416 e. The number of benzene rings is 2. The monoisotopic (exact) mass is 370 g/mol. The predicted octanol–water partition coefficient (Wildman–Crippen LogP) is 4.23. The Hall–Kier alpha value is -2.15. The van der Waals surface area contributed by atoms with Crippen molar-refractivity contribution in [2.24, 2.45) is 5.10 Å². The summed E-state index contributed by atoms with van der Waals surface area (Å²) in [5.41, 5.74) is 2.44. The predicted molar refractivity (Wildman–Crippen MR) is 80.6 cm³/mol. The van der Waals surface area contributed by atoms with E-state index < -0.39 is 17.6 Å². The third kappa shape index (κ3) is 4.42. The highest BCUT2D eigenvalue weighted by molar-refractivity contribution is 9.10. The third-order valence-electron chi connectivity index (χ3n) is 2.70. The molecule has 0 aliphatic rings. The fraction of sp³-hybridized carbons (Fsp3) is 0.0667. The maximum Gasteiger partial charge on any atom is 0.416 e. The minimum Gasteiger partial charge on any atom is -0.267 e. The van der Waals surface area contributed by atoms with Crippen LogP contribution in [0.4, 0.5) is 13.2 Å². The van der Waals surface area contributed by atoms with Gasteiger partial charge in [-0.05, 0) is 35.9 Å². The van der Waals surface area contributed by atoms with Crippen LogP contribution in [0.1, 0.15) is 21.5 Å². The highest BCUT2D eigenvalue weighted by Gasteiger charge is 2.29. The van der Waals surface area contributed by atoms with Gasteiger partial charge in [-0.25, -0.2) is 5.43 Å². The molecule has 2 aromatic carbocycles. The second-order valence-corrected chi connectivity index (χ2v) is 5.24. The van der Waals surface area contributed by atoms with Crippen LogP contribution in [0, 0.1) is 0 Å². The lowest BCUT2D eigenvalue weighted by Gasteiger charge is -2.05. The van der Waals surface area contributed by atoms with Crippen molar-refractivity contribution in [1.29, 1.82) is 0 Å². The number of hydrazone groups is 1. The number of hydrogen-bond acceptors (Lipinski definition) is 2. The van der Waals surface area contributed by atoms with Gasteiger partial charge in [0, 0.05) is 10.0 Å². The van der Waals surface area contributed by atoms with Gasteiger partial charge < -0.3 is 0 Å². The van der Waals surface area contributed by atoms with Crippen molar-refractivity contribution in [3.8, 4) is 0 Å². The van der Waals surface area contributed by atoms with Crippen LogP contribution in [-0.2, 0) is 6.18 Å². The third-order valence-corrected chi connectivity index (χ3v) is 3.20. The number of amides is 1. The smallest absolute Gasteiger partial charge is 0.267 e. The first kappa shape index (κ1) is 16.2. The van der Waals surface area contributed by atoms with Crippen LogP contribution in [0.25, 0.3) is 0 Å². The molecule has 0 saturated heterocycles. The Kier molecular flexibility index (Phi) is 4.97. The van der Waals surface area contributed by atoms with Crippen LogP contribution < -0.4 is 5.43 Å². The molecular weight excluding hydrogens is 361 g/mol. The number of halogens is 4. The number of carbonyl (C=O) groups is 1. The molecule has 2 aromatic rings. The number of alkyl halides is 3. The van der Waals surface area contributed by atoms with E-state index in [0.717, 1.165) is 16.6 Å². The highest BCUT2D eigenvalue weighted by atomic mass is 79.9. The first-order chi connectivity index (χ1) is 10.4. The van der Waals surface area contributed by atoms with E-state index in [1.165, 1.54) is 18.3 Å². The van der Waals surface area contributed by atoms with Gasteiger partial charge in [0.1, 0.15) is 0 Å². The van der Waals surface area contributed by atoms with Crippen LogP contribution in [0.3, 0.4) is 0 Å². The molecule has 3 nitrogen and oxygen atoms in total. The van der Waals surface area contributed by atoms with Crippen molar-refractivity contribution in [1.82, 2.24) is 5.43 Å². The first-order valence-corrected chi connectivity index (χ1v) is 6.92. The van der Waals surface area contributed by atoms with E-state index in [1.807, 2.05) is 0 Å². The summed E-state index contributed by atoms with van der Waals surface area (Å²) in [7, 11) is 0. The van der Waals surface area contributed by atoms with Gasteiger partial charge in [-0.2, -0.15) is 18.3 Å². The number of rotatable bonds is 3. The van der Waals surface area contributed by atoms with Gasteiger partial charge >= 0.3 is 6.18 Å². The maximum atomic E-state index is 12.4. The van der Waals surface area contributed by atoms with Gasteiger partial charge in [0.15, 0.2) is 0 Å². The van der Waals surface area contributed by atoms with Crippen LogP contribution in [-0.4, -0.2) is 12.1 Å². The quantitative estimate of drug-likeness (QED) is 0.637. The van der Waals surface area contributed by atoms with E-state index in [-0.39, 0.29) is 0 Å². The minimum atomic E-state index is -4.37. The van der Waals surface area contributed by atoms with E-state index in [2.05, 4.69) is 26.5 Å².